The molecule has 1 rings (SSSR count). The number of esters is 1. The Morgan fingerprint density at radius 1 is 1.17 bits per heavy atom. The van der Waals surface area contributed by atoms with Crippen LogP contribution >= 0.6 is 0 Å². The van der Waals surface area contributed by atoms with Gasteiger partial charge in [-0.25, -0.2) is 0 Å². The second-order valence-electron chi connectivity index (χ2n) is 7.41. The van der Waals surface area contributed by atoms with Crippen LogP contribution in [0.2, 0.25) is 0 Å². The van der Waals surface area contributed by atoms with Gasteiger partial charge in [0.2, 0.25) is 0 Å². The normalized spacial score (nSPS) is 24.3. The van der Waals surface area contributed by atoms with E-state index in [1.54, 1.807) is 6.08 Å². The molecule has 1 aliphatic rings. The van der Waals surface area contributed by atoms with Crippen molar-refractivity contribution in [3.8, 4) is 0 Å². The van der Waals surface area contributed by atoms with Crippen molar-refractivity contribution >= 4 is 23.1 Å². The maximum absolute atomic E-state index is 12.7. The van der Waals surface area contributed by atoms with Crippen LogP contribution in [0.3, 0.4) is 0 Å². The summed E-state index contributed by atoms with van der Waals surface area (Å²) in [5, 5.41) is 13.0. The average molecular weight is 410 g/mol. The van der Waals surface area contributed by atoms with Crippen LogP contribution in [0.25, 0.3) is 0 Å². The molecule has 0 aliphatic heterocycles. The molecule has 2 unspecified atom stereocenters. The van der Waals surface area contributed by atoms with E-state index in [1.807, 2.05) is 34.6 Å². The largest absolute Gasteiger partial charge is 0.468 e. The Hall–Kier alpha value is -2.38. The third-order valence-corrected chi connectivity index (χ3v) is 4.60. The van der Waals surface area contributed by atoms with E-state index >= 15 is 0 Å². The lowest BCUT2D eigenvalue weighted by molar-refractivity contribution is -0.146. The highest BCUT2D eigenvalue weighted by atomic mass is 16.6. The molecule has 0 radical (unpaired) electrons. The van der Waals surface area contributed by atoms with E-state index in [0.29, 0.717) is 31.8 Å². The smallest absolute Gasteiger partial charge is 0.315 e. The highest BCUT2D eigenvalue weighted by Gasteiger charge is 2.51. The van der Waals surface area contributed by atoms with Crippen molar-refractivity contribution in [3.63, 3.8) is 0 Å². The van der Waals surface area contributed by atoms with Crippen LogP contribution < -0.4 is 0 Å². The molecule has 0 amide bonds. The number of nitrogens with zero attached hydrogens (tertiary/aromatic N) is 3. The lowest BCUT2D eigenvalue weighted by Crippen LogP contribution is -2.52. The average Bonchev–Trinajstić information content (AvgIpc) is 2.69. The number of ether oxygens (including phenoxy) is 1. The number of hydrogen-bond donors (Lipinski definition) is 0. The van der Waals surface area contributed by atoms with Crippen molar-refractivity contribution in [2.24, 2.45) is 32.7 Å². The number of hydrogen-bond acceptors (Lipinski definition) is 8. The number of carbonyl (C=O) groups is 1. The van der Waals surface area contributed by atoms with Gasteiger partial charge in [-0.2, -0.15) is 0 Å². The first-order chi connectivity index (χ1) is 13.9. The van der Waals surface area contributed by atoms with Gasteiger partial charge in [-0.3, -0.25) is 4.79 Å². The monoisotopic (exact) mass is 409 g/mol. The summed E-state index contributed by atoms with van der Waals surface area (Å²) >= 11 is 0. The molecule has 0 N–H and O–H groups in total. The van der Waals surface area contributed by atoms with Gasteiger partial charge in [0.05, 0.1) is 30.2 Å². The van der Waals surface area contributed by atoms with Gasteiger partial charge in [0.15, 0.2) is 0 Å². The predicted octanol–water partition coefficient (Wildman–Crippen LogP) is 3.97. The van der Waals surface area contributed by atoms with Gasteiger partial charge in [-0.05, 0) is 32.1 Å². The van der Waals surface area contributed by atoms with Crippen LogP contribution in [-0.4, -0.2) is 50.0 Å². The molecule has 0 heterocycles. The highest BCUT2D eigenvalue weighted by Crippen LogP contribution is 2.42. The van der Waals surface area contributed by atoms with Gasteiger partial charge in [0, 0.05) is 0 Å². The van der Waals surface area contributed by atoms with E-state index in [4.69, 9.17) is 19.2 Å². The predicted molar refractivity (Wildman–Crippen MR) is 114 cm³/mol. The number of oxime groups is 3. The molecule has 2 atom stereocenters. The van der Waals surface area contributed by atoms with Crippen molar-refractivity contribution in [1.29, 1.82) is 0 Å². The van der Waals surface area contributed by atoms with Crippen molar-refractivity contribution < 1.29 is 24.0 Å². The van der Waals surface area contributed by atoms with Crippen LogP contribution in [-0.2, 0) is 24.0 Å². The van der Waals surface area contributed by atoms with Crippen LogP contribution in [0, 0.1) is 17.3 Å². The Kier molecular flexibility index (Phi) is 10.4. The standard InChI is InChI=1S/C21H35N3O5/c1-8-12-15(22-29-13-9-2)17-16(23-27-10-3)14-21(5,6)18(20(25)26-7)19(17)24-28-11-4/h9,17-18H,2,8,10-14H2,1,3-7H3/b22-15+,23-16+,24-19+. The molecule has 0 aromatic heterocycles. The summed E-state index contributed by atoms with van der Waals surface area (Å²) in [5.41, 5.74) is 1.48. The summed E-state index contributed by atoms with van der Waals surface area (Å²) in [6.07, 6.45) is 3.63. The first-order valence-electron chi connectivity index (χ1n) is 10.1. The summed E-state index contributed by atoms with van der Waals surface area (Å²) in [4.78, 5) is 28.9. The van der Waals surface area contributed by atoms with Crippen molar-refractivity contribution in [3.05, 3.63) is 12.7 Å². The van der Waals surface area contributed by atoms with Gasteiger partial charge in [-0.1, -0.05) is 55.3 Å². The molecule has 8 heteroatoms. The Morgan fingerprint density at radius 2 is 1.83 bits per heavy atom. The molecule has 0 aromatic rings. The van der Waals surface area contributed by atoms with Crippen LogP contribution in [0.1, 0.15) is 53.9 Å². The molecule has 0 aromatic carbocycles. The minimum absolute atomic E-state index is 0.279. The van der Waals surface area contributed by atoms with Gasteiger partial charge in [0.25, 0.3) is 0 Å². The number of carbonyl (C=O) groups excluding carboxylic acids is 1. The minimum Gasteiger partial charge on any atom is -0.468 e. The molecule has 1 aliphatic carbocycles. The molecule has 0 bridgehead atoms. The van der Waals surface area contributed by atoms with Gasteiger partial charge < -0.3 is 19.2 Å². The summed E-state index contributed by atoms with van der Waals surface area (Å²) in [6, 6.07) is 0. The van der Waals surface area contributed by atoms with Gasteiger partial charge >= 0.3 is 5.97 Å². The Bertz CT molecular complexity index is 640. The first kappa shape index (κ1) is 24.7. The Morgan fingerprint density at radius 3 is 2.38 bits per heavy atom. The van der Waals surface area contributed by atoms with E-state index in [9.17, 15) is 4.79 Å². The SMILES string of the molecule is C=CCO/N=C(\CCC)C1/C(=N/OCC)CC(C)(C)C(C(=O)OC)/C1=N/OCC. The van der Waals surface area contributed by atoms with Crippen LogP contribution in [0.5, 0.6) is 0 Å². The molecule has 1 fully saturated rings. The lowest BCUT2D eigenvalue weighted by Gasteiger charge is -2.41. The fourth-order valence-corrected chi connectivity index (χ4v) is 3.48. The minimum atomic E-state index is -0.605. The van der Waals surface area contributed by atoms with E-state index < -0.39 is 17.3 Å². The first-order valence-corrected chi connectivity index (χ1v) is 10.1. The molecule has 0 saturated heterocycles. The Balaban J connectivity index is 3.62. The summed E-state index contributed by atoms with van der Waals surface area (Å²) < 4.78 is 5.11. The molecule has 8 nitrogen and oxygen atoms in total. The summed E-state index contributed by atoms with van der Waals surface area (Å²) in [6.45, 7) is 14.5. The zero-order valence-corrected chi connectivity index (χ0v) is 18.6. The highest BCUT2D eigenvalue weighted by molar-refractivity contribution is 6.29. The molecular formula is C21H35N3O5. The lowest BCUT2D eigenvalue weighted by atomic mass is 9.62. The van der Waals surface area contributed by atoms with E-state index in [2.05, 4.69) is 22.0 Å². The van der Waals surface area contributed by atoms with Crippen molar-refractivity contribution in [2.75, 3.05) is 26.9 Å². The van der Waals surface area contributed by atoms with Gasteiger partial charge in [-0.15, -0.1) is 0 Å². The second kappa shape index (κ2) is 12.2. The quantitative estimate of drug-likeness (QED) is 0.169. The molecule has 1 saturated carbocycles. The van der Waals surface area contributed by atoms with E-state index in [0.717, 1.165) is 17.8 Å². The topological polar surface area (TPSA) is 91.1 Å². The maximum atomic E-state index is 12.7. The number of methoxy groups -OCH3 is 1. The third-order valence-electron chi connectivity index (χ3n) is 4.60. The van der Waals surface area contributed by atoms with E-state index in [-0.39, 0.29) is 12.6 Å². The third kappa shape index (κ3) is 6.58. The van der Waals surface area contributed by atoms with E-state index in [1.165, 1.54) is 7.11 Å². The molecule has 0 spiro atoms. The second-order valence-corrected chi connectivity index (χ2v) is 7.41. The summed E-state index contributed by atoms with van der Waals surface area (Å²) in [7, 11) is 1.38. The van der Waals surface area contributed by atoms with Crippen molar-refractivity contribution in [1.82, 2.24) is 0 Å². The Labute approximate surface area is 174 Å². The zero-order valence-electron chi connectivity index (χ0n) is 18.6. The zero-order chi connectivity index (χ0) is 21.9. The fourth-order valence-electron chi connectivity index (χ4n) is 3.48. The number of rotatable bonds is 11. The van der Waals surface area contributed by atoms with Gasteiger partial charge in [0.1, 0.15) is 25.7 Å². The molecule has 164 valence electrons. The molecule has 29 heavy (non-hydrogen) atoms. The van der Waals surface area contributed by atoms with Crippen LogP contribution in [0.15, 0.2) is 28.1 Å². The van der Waals surface area contributed by atoms with Crippen LogP contribution in [0.4, 0.5) is 0 Å². The fraction of sp³-hybridized carbons (Fsp3) is 0.714. The maximum Gasteiger partial charge on any atom is 0.315 e. The van der Waals surface area contributed by atoms with Crippen molar-refractivity contribution in [2.45, 2.75) is 53.9 Å². The summed E-state index contributed by atoms with van der Waals surface area (Å²) in [5.74, 6) is -1.43. The molecular weight excluding hydrogens is 374 g/mol.